The number of sulfone groups is 1. The second-order valence-electron chi connectivity index (χ2n) is 8.70. The molecule has 1 aliphatic rings. The molecule has 2 heterocycles. The van der Waals surface area contributed by atoms with Crippen LogP contribution in [0.25, 0.3) is 11.0 Å². The fourth-order valence-corrected chi connectivity index (χ4v) is 5.46. The molecule has 5 rings (SSSR count). The van der Waals surface area contributed by atoms with Crippen molar-refractivity contribution in [2.45, 2.75) is 41.4 Å². The van der Waals surface area contributed by atoms with Crippen LogP contribution in [-0.4, -0.2) is 37.5 Å². The maximum Gasteiger partial charge on any atom is 0.262 e. The first kappa shape index (κ1) is 23.5. The van der Waals surface area contributed by atoms with Gasteiger partial charge >= 0.3 is 0 Å². The van der Waals surface area contributed by atoms with Gasteiger partial charge in [-0.1, -0.05) is 11.6 Å². The van der Waals surface area contributed by atoms with Crippen LogP contribution in [0.15, 0.2) is 75.0 Å². The Hall–Kier alpha value is -3.27. The van der Waals surface area contributed by atoms with Crippen LogP contribution in [0, 0.1) is 0 Å². The molecule has 4 aromatic rings. The van der Waals surface area contributed by atoms with Gasteiger partial charge in [-0.15, -0.1) is 0 Å². The van der Waals surface area contributed by atoms with Gasteiger partial charge in [-0.2, -0.15) is 0 Å². The molecule has 182 valence electrons. The highest BCUT2D eigenvalue weighted by Crippen LogP contribution is 2.44. The van der Waals surface area contributed by atoms with Gasteiger partial charge < -0.3 is 23.8 Å². The van der Waals surface area contributed by atoms with E-state index < -0.39 is 27.6 Å². The number of rotatable bonds is 5. The van der Waals surface area contributed by atoms with E-state index in [1.807, 2.05) is 0 Å². The summed E-state index contributed by atoms with van der Waals surface area (Å²) in [6, 6.07) is 15.6. The summed E-state index contributed by atoms with van der Waals surface area (Å²) in [5, 5.41) is 16.2. The highest BCUT2D eigenvalue weighted by Gasteiger charge is 2.45. The van der Waals surface area contributed by atoms with Gasteiger partial charge in [0, 0.05) is 16.7 Å². The quantitative estimate of drug-likeness (QED) is 0.396. The lowest BCUT2D eigenvalue weighted by Crippen LogP contribution is -2.50. The molecular weight excluding hydrogens is 494 g/mol. The number of ether oxygens (including phenoxy) is 3. The third-order valence-electron chi connectivity index (χ3n) is 5.98. The number of hydrogen-bond donors (Lipinski definition) is 1. The zero-order valence-corrected chi connectivity index (χ0v) is 20.6. The van der Waals surface area contributed by atoms with E-state index in [2.05, 4.69) is 5.16 Å². The van der Waals surface area contributed by atoms with E-state index in [1.54, 1.807) is 50.2 Å². The molecule has 1 N–H and O–H groups in total. The Bertz CT molecular complexity index is 1510. The molecule has 1 aliphatic heterocycles. The Balaban J connectivity index is 1.58. The molecule has 0 bridgehead atoms. The molecule has 0 saturated carbocycles. The van der Waals surface area contributed by atoms with E-state index in [-0.39, 0.29) is 15.7 Å². The number of fused-ring (bicyclic) bond motifs is 2. The first-order valence-corrected chi connectivity index (χ1v) is 12.6. The fourth-order valence-electron chi connectivity index (χ4n) is 4.00. The maximum absolute atomic E-state index is 13.3. The van der Waals surface area contributed by atoms with Gasteiger partial charge in [-0.05, 0) is 73.6 Å². The minimum absolute atomic E-state index is 0.0299. The molecule has 0 saturated heterocycles. The Morgan fingerprint density at radius 2 is 1.74 bits per heavy atom. The number of benzene rings is 3. The van der Waals surface area contributed by atoms with Crippen LogP contribution in [0.3, 0.4) is 0 Å². The van der Waals surface area contributed by atoms with E-state index in [4.69, 9.17) is 30.3 Å². The van der Waals surface area contributed by atoms with E-state index in [1.165, 1.54) is 31.4 Å². The van der Waals surface area contributed by atoms with Gasteiger partial charge in [-0.3, -0.25) is 0 Å². The van der Waals surface area contributed by atoms with Crippen LogP contribution in [0.4, 0.5) is 0 Å². The lowest BCUT2D eigenvalue weighted by Gasteiger charge is -2.41. The summed E-state index contributed by atoms with van der Waals surface area (Å²) >= 11 is 6.03. The zero-order chi connectivity index (χ0) is 25.0. The van der Waals surface area contributed by atoms with Gasteiger partial charge in [0.05, 0.1) is 22.3 Å². The van der Waals surface area contributed by atoms with Gasteiger partial charge in [0.2, 0.25) is 9.84 Å². The van der Waals surface area contributed by atoms with E-state index in [0.717, 1.165) is 0 Å². The summed E-state index contributed by atoms with van der Waals surface area (Å²) in [5.74, 6) is 1.09. The lowest BCUT2D eigenvalue weighted by atomic mass is 9.88. The minimum atomic E-state index is -3.87. The molecular formula is C25H22ClNO7S. The standard InChI is InChI=1S/C25H22ClNO7S/c1-25(2)23(28)22(32-24-18-10-4-14(26)12-21(18)34-27-24)19-13-17(9-11-20(19)33-25)35(29,30)16-7-5-15(31-3)6-8-16/h4-13,22-23,28H,1-3H3/t22-,23+/m1/s1. The highest BCUT2D eigenvalue weighted by atomic mass is 35.5. The van der Waals surface area contributed by atoms with Crippen molar-refractivity contribution in [1.82, 2.24) is 5.16 Å². The summed E-state index contributed by atoms with van der Waals surface area (Å²) in [6.07, 6.45) is -2.13. The summed E-state index contributed by atoms with van der Waals surface area (Å²) in [4.78, 5) is 0.134. The molecule has 0 amide bonds. The zero-order valence-electron chi connectivity index (χ0n) is 19.1. The number of methoxy groups -OCH3 is 1. The largest absolute Gasteiger partial charge is 0.497 e. The number of nitrogens with zero attached hydrogens (tertiary/aromatic N) is 1. The number of aromatic nitrogens is 1. The van der Waals surface area contributed by atoms with Crippen molar-refractivity contribution in [1.29, 1.82) is 0 Å². The number of halogens is 1. The molecule has 8 nitrogen and oxygen atoms in total. The number of hydrogen-bond acceptors (Lipinski definition) is 8. The molecule has 10 heteroatoms. The summed E-state index contributed by atoms with van der Waals surface area (Å²) in [5.41, 5.74) is -0.224. The summed E-state index contributed by atoms with van der Waals surface area (Å²) in [7, 11) is -2.36. The van der Waals surface area contributed by atoms with Crippen molar-refractivity contribution in [3.63, 3.8) is 0 Å². The van der Waals surface area contributed by atoms with Crippen molar-refractivity contribution in [2.24, 2.45) is 0 Å². The molecule has 35 heavy (non-hydrogen) atoms. The predicted octanol–water partition coefficient (Wildman–Crippen LogP) is 4.97. The average Bonchev–Trinajstić information content (AvgIpc) is 3.23. The van der Waals surface area contributed by atoms with Gasteiger partial charge in [0.25, 0.3) is 5.88 Å². The third kappa shape index (κ3) is 4.09. The topological polar surface area (TPSA) is 108 Å². The number of aliphatic hydroxyl groups excluding tert-OH is 1. The Morgan fingerprint density at radius 3 is 2.46 bits per heavy atom. The molecule has 2 atom stereocenters. The number of aliphatic hydroxyl groups is 1. The maximum atomic E-state index is 13.3. The second kappa shape index (κ2) is 8.44. The van der Waals surface area contributed by atoms with Crippen molar-refractivity contribution in [2.75, 3.05) is 7.11 Å². The predicted molar refractivity (Wildman–Crippen MR) is 128 cm³/mol. The third-order valence-corrected chi connectivity index (χ3v) is 7.98. The average molecular weight is 516 g/mol. The van der Waals surface area contributed by atoms with Crippen molar-refractivity contribution in [3.05, 3.63) is 71.2 Å². The van der Waals surface area contributed by atoms with Gasteiger partial charge in [0.15, 0.2) is 11.7 Å². The SMILES string of the molecule is COc1ccc(S(=O)(=O)c2ccc3c(c2)[C@@H](Oc2noc4cc(Cl)ccc24)[C@H](O)C(C)(C)O3)cc1. The van der Waals surface area contributed by atoms with Crippen LogP contribution in [-0.2, 0) is 9.84 Å². The molecule has 0 aliphatic carbocycles. The Morgan fingerprint density at radius 1 is 1.03 bits per heavy atom. The molecule has 3 aromatic carbocycles. The van der Waals surface area contributed by atoms with E-state index in [9.17, 15) is 13.5 Å². The van der Waals surface area contributed by atoms with E-state index >= 15 is 0 Å². The summed E-state index contributed by atoms with van der Waals surface area (Å²) < 4.78 is 49.2. The van der Waals surface area contributed by atoms with E-state index in [0.29, 0.717) is 33.1 Å². The molecule has 0 radical (unpaired) electrons. The highest BCUT2D eigenvalue weighted by molar-refractivity contribution is 7.91. The lowest BCUT2D eigenvalue weighted by molar-refractivity contribution is -0.104. The molecule has 1 aromatic heterocycles. The van der Waals surface area contributed by atoms with Gasteiger partial charge in [-0.25, -0.2) is 8.42 Å². The first-order valence-electron chi connectivity index (χ1n) is 10.7. The fraction of sp³-hybridized carbons (Fsp3) is 0.240. The normalized spacial score (nSPS) is 19.1. The molecule has 0 spiro atoms. The van der Waals surface area contributed by atoms with Gasteiger partial charge in [0.1, 0.15) is 23.2 Å². The van der Waals surface area contributed by atoms with Crippen LogP contribution in [0.1, 0.15) is 25.5 Å². The molecule has 0 unspecified atom stereocenters. The Kier molecular flexibility index (Phi) is 5.66. The smallest absolute Gasteiger partial charge is 0.262 e. The first-order chi connectivity index (χ1) is 16.6. The summed E-state index contributed by atoms with van der Waals surface area (Å²) in [6.45, 7) is 3.44. The van der Waals surface area contributed by atoms with Crippen molar-refractivity contribution >= 4 is 32.4 Å². The second-order valence-corrected chi connectivity index (χ2v) is 11.1. The minimum Gasteiger partial charge on any atom is -0.497 e. The van der Waals surface area contributed by atoms with Crippen LogP contribution in [0.2, 0.25) is 5.02 Å². The van der Waals surface area contributed by atoms with Crippen molar-refractivity contribution in [3.8, 4) is 17.4 Å². The van der Waals surface area contributed by atoms with Crippen LogP contribution < -0.4 is 14.2 Å². The monoisotopic (exact) mass is 515 g/mol. The van der Waals surface area contributed by atoms with Crippen molar-refractivity contribution < 1.29 is 32.3 Å². The van der Waals surface area contributed by atoms with Crippen LogP contribution >= 0.6 is 11.6 Å². The van der Waals surface area contributed by atoms with Crippen LogP contribution in [0.5, 0.6) is 17.4 Å². The Labute approximate surface area is 206 Å². The molecule has 0 fully saturated rings.